The molecule has 2 fully saturated rings. The van der Waals surface area contributed by atoms with Gasteiger partial charge in [0.15, 0.2) is 0 Å². The Kier molecular flexibility index (Phi) is 5.60. The summed E-state index contributed by atoms with van der Waals surface area (Å²) >= 11 is 0. The lowest BCUT2D eigenvalue weighted by Gasteiger charge is -2.38. The monoisotopic (exact) mass is 270 g/mol. The highest BCUT2D eigenvalue weighted by Gasteiger charge is 2.32. The van der Waals surface area contributed by atoms with Gasteiger partial charge in [0.2, 0.25) is 5.91 Å². The Balaban J connectivity index is 1.63. The number of aliphatic hydroxyl groups is 1. The number of piperazine rings is 1. The summed E-state index contributed by atoms with van der Waals surface area (Å²) in [6.45, 7) is 7.11. The lowest BCUT2D eigenvalue weighted by Crippen LogP contribution is -2.50. The second-order valence-corrected chi connectivity index (χ2v) is 5.56. The first-order valence-electron chi connectivity index (χ1n) is 7.45. The van der Waals surface area contributed by atoms with E-state index in [2.05, 4.69) is 4.90 Å². The number of aliphatic hydroxyl groups excluding tert-OH is 1. The number of carbonyl (C=O) groups excluding carboxylic acids is 1. The van der Waals surface area contributed by atoms with E-state index in [1.165, 1.54) is 0 Å². The molecule has 0 spiro atoms. The van der Waals surface area contributed by atoms with E-state index < -0.39 is 0 Å². The van der Waals surface area contributed by atoms with Gasteiger partial charge in [0.1, 0.15) is 0 Å². The van der Waals surface area contributed by atoms with Gasteiger partial charge in [0.05, 0.1) is 12.7 Å². The molecule has 0 unspecified atom stereocenters. The molecule has 110 valence electrons. The van der Waals surface area contributed by atoms with Gasteiger partial charge >= 0.3 is 0 Å². The minimum Gasteiger partial charge on any atom is -0.395 e. The minimum atomic E-state index is 0.203. The average Bonchev–Trinajstić information content (AvgIpc) is 2.37. The van der Waals surface area contributed by atoms with Crippen LogP contribution in [0.25, 0.3) is 0 Å². The molecular formula is C14H26N2O3. The largest absolute Gasteiger partial charge is 0.395 e. The summed E-state index contributed by atoms with van der Waals surface area (Å²) in [4.78, 5) is 16.3. The zero-order valence-electron chi connectivity index (χ0n) is 11.9. The third-order valence-corrected chi connectivity index (χ3v) is 4.20. The molecule has 0 atom stereocenters. The summed E-state index contributed by atoms with van der Waals surface area (Å²) in [5.41, 5.74) is 0. The van der Waals surface area contributed by atoms with Crippen LogP contribution in [0, 0.1) is 5.92 Å². The standard InChI is InChI=1S/C14H26N2O3/c1-2-19-13-9-12(10-13)11-14(18)16-5-3-15(4-6-16)7-8-17/h12-13,17H,2-11H2,1H3. The van der Waals surface area contributed by atoms with Crippen LogP contribution in [0.3, 0.4) is 0 Å². The fourth-order valence-electron chi connectivity index (χ4n) is 2.95. The zero-order valence-corrected chi connectivity index (χ0v) is 11.9. The summed E-state index contributed by atoms with van der Waals surface area (Å²) in [5.74, 6) is 0.822. The molecule has 1 saturated carbocycles. The van der Waals surface area contributed by atoms with Gasteiger partial charge in [-0.05, 0) is 25.7 Å². The van der Waals surface area contributed by atoms with E-state index in [-0.39, 0.29) is 6.61 Å². The first kappa shape index (κ1) is 14.8. The normalized spacial score (nSPS) is 28.2. The van der Waals surface area contributed by atoms with Crippen molar-refractivity contribution in [3.05, 3.63) is 0 Å². The molecule has 2 rings (SSSR count). The maximum Gasteiger partial charge on any atom is 0.222 e. The number of carbonyl (C=O) groups is 1. The highest BCUT2D eigenvalue weighted by atomic mass is 16.5. The number of hydrogen-bond donors (Lipinski definition) is 1. The molecule has 0 aromatic carbocycles. The number of amides is 1. The van der Waals surface area contributed by atoms with Gasteiger partial charge < -0.3 is 14.7 Å². The molecule has 1 N–H and O–H groups in total. The molecule has 2 aliphatic rings. The van der Waals surface area contributed by atoms with Crippen molar-refractivity contribution < 1.29 is 14.6 Å². The minimum absolute atomic E-state index is 0.203. The molecule has 0 bridgehead atoms. The lowest BCUT2D eigenvalue weighted by molar-refractivity contribution is -0.136. The van der Waals surface area contributed by atoms with Gasteiger partial charge in [-0.15, -0.1) is 0 Å². The maximum absolute atomic E-state index is 12.1. The van der Waals surface area contributed by atoms with Gasteiger partial charge in [-0.2, -0.15) is 0 Å². The van der Waals surface area contributed by atoms with E-state index in [9.17, 15) is 4.79 Å². The van der Waals surface area contributed by atoms with Crippen LogP contribution in [-0.4, -0.2) is 72.9 Å². The summed E-state index contributed by atoms with van der Waals surface area (Å²) < 4.78 is 5.52. The van der Waals surface area contributed by atoms with E-state index in [1.807, 2.05) is 11.8 Å². The molecule has 1 aliphatic carbocycles. The van der Waals surface area contributed by atoms with Crippen molar-refractivity contribution in [3.63, 3.8) is 0 Å². The first-order chi connectivity index (χ1) is 9.22. The van der Waals surface area contributed by atoms with Crippen molar-refractivity contribution in [1.82, 2.24) is 9.80 Å². The Bertz CT molecular complexity index is 284. The molecule has 0 radical (unpaired) electrons. The van der Waals surface area contributed by atoms with E-state index in [1.54, 1.807) is 0 Å². The van der Waals surface area contributed by atoms with Gasteiger partial charge in [0.25, 0.3) is 0 Å². The molecule has 5 nitrogen and oxygen atoms in total. The van der Waals surface area contributed by atoms with Crippen molar-refractivity contribution in [1.29, 1.82) is 0 Å². The van der Waals surface area contributed by atoms with Crippen LogP contribution >= 0.6 is 0 Å². The first-order valence-corrected chi connectivity index (χ1v) is 7.45. The van der Waals surface area contributed by atoms with Crippen molar-refractivity contribution >= 4 is 5.91 Å². The predicted molar refractivity (Wildman–Crippen MR) is 72.9 cm³/mol. The van der Waals surface area contributed by atoms with Crippen LogP contribution in [0.4, 0.5) is 0 Å². The number of nitrogens with zero attached hydrogens (tertiary/aromatic N) is 2. The van der Waals surface area contributed by atoms with Crippen LogP contribution < -0.4 is 0 Å². The predicted octanol–water partition coefficient (Wildman–Crippen LogP) is 0.328. The third-order valence-electron chi connectivity index (χ3n) is 4.20. The Morgan fingerprint density at radius 3 is 2.53 bits per heavy atom. The second kappa shape index (κ2) is 7.22. The molecule has 19 heavy (non-hydrogen) atoms. The van der Waals surface area contributed by atoms with Crippen molar-refractivity contribution in [3.8, 4) is 0 Å². The fraction of sp³-hybridized carbons (Fsp3) is 0.929. The van der Waals surface area contributed by atoms with E-state index in [0.29, 0.717) is 24.3 Å². The highest BCUT2D eigenvalue weighted by Crippen LogP contribution is 2.33. The Morgan fingerprint density at radius 2 is 1.95 bits per heavy atom. The van der Waals surface area contributed by atoms with Crippen LogP contribution in [0.1, 0.15) is 26.2 Å². The van der Waals surface area contributed by atoms with Crippen LogP contribution in [0.5, 0.6) is 0 Å². The van der Waals surface area contributed by atoms with Crippen molar-refractivity contribution in [2.24, 2.45) is 5.92 Å². The molecule has 5 heteroatoms. The molecule has 0 aromatic heterocycles. The Morgan fingerprint density at radius 1 is 1.26 bits per heavy atom. The molecular weight excluding hydrogens is 244 g/mol. The van der Waals surface area contributed by atoms with Crippen LogP contribution in [0.2, 0.25) is 0 Å². The van der Waals surface area contributed by atoms with E-state index in [4.69, 9.17) is 9.84 Å². The van der Waals surface area contributed by atoms with Crippen molar-refractivity contribution in [2.45, 2.75) is 32.3 Å². The smallest absolute Gasteiger partial charge is 0.222 e. The number of rotatable bonds is 6. The summed E-state index contributed by atoms with van der Waals surface area (Å²) in [6, 6.07) is 0. The van der Waals surface area contributed by atoms with Gasteiger partial charge in [0, 0.05) is 45.8 Å². The topological polar surface area (TPSA) is 53.0 Å². The Labute approximate surface area is 115 Å². The van der Waals surface area contributed by atoms with Crippen molar-refractivity contribution in [2.75, 3.05) is 45.9 Å². The summed E-state index contributed by atoms with van der Waals surface area (Å²) in [6.07, 6.45) is 3.17. The average molecular weight is 270 g/mol. The zero-order chi connectivity index (χ0) is 13.7. The summed E-state index contributed by atoms with van der Waals surface area (Å²) in [5, 5.41) is 8.89. The van der Waals surface area contributed by atoms with E-state index >= 15 is 0 Å². The van der Waals surface area contributed by atoms with E-state index in [0.717, 1.165) is 52.2 Å². The third kappa shape index (κ3) is 4.16. The molecule has 1 heterocycles. The highest BCUT2D eigenvalue weighted by molar-refractivity contribution is 5.76. The number of β-amino-alcohol motifs (C(OH)–C–C–N with tert-alkyl or cyclic N) is 1. The molecule has 1 aliphatic heterocycles. The van der Waals surface area contributed by atoms with Gasteiger partial charge in [-0.1, -0.05) is 0 Å². The summed E-state index contributed by atoms with van der Waals surface area (Å²) in [7, 11) is 0. The fourth-order valence-corrected chi connectivity index (χ4v) is 2.95. The van der Waals surface area contributed by atoms with Gasteiger partial charge in [-0.3, -0.25) is 9.69 Å². The maximum atomic E-state index is 12.1. The quantitative estimate of drug-likeness (QED) is 0.755. The number of hydrogen-bond acceptors (Lipinski definition) is 4. The molecule has 0 aromatic rings. The van der Waals surface area contributed by atoms with Crippen LogP contribution in [-0.2, 0) is 9.53 Å². The Hall–Kier alpha value is -0.650. The SMILES string of the molecule is CCOC1CC(CC(=O)N2CCN(CCO)CC2)C1. The number of ether oxygens (including phenoxy) is 1. The van der Waals surface area contributed by atoms with Gasteiger partial charge in [-0.25, -0.2) is 0 Å². The second-order valence-electron chi connectivity index (χ2n) is 5.56. The lowest BCUT2D eigenvalue weighted by atomic mass is 9.79. The molecule has 1 amide bonds. The van der Waals surface area contributed by atoms with Crippen LogP contribution in [0.15, 0.2) is 0 Å². The molecule has 1 saturated heterocycles.